The van der Waals surface area contributed by atoms with Gasteiger partial charge < -0.3 is 5.32 Å². The SMILES string of the molecule is CC(=O)Nc1nnc(S(=O)(=O)NCc2ccc(Br)cc2)s1. The van der Waals surface area contributed by atoms with Crippen molar-refractivity contribution < 1.29 is 13.2 Å². The van der Waals surface area contributed by atoms with E-state index in [1.807, 2.05) is 12.1 Å². The highest BCUT2D eigenvalue weighted by atomic mass is 79.9. The second-order valence-electron chi connectivity index (χ2n) is 4.01. The number of nitrogens with one attached hydrogen (secondary N) is 2. The monoisotopic (exact) mass is 390 g/mol. The first-order chi connectivity index (χ1) is 9.87. The van der Waals surface area contributed by atoms with Gasteiger partial charge in [-0.3, -0.25) is 4.79 Å². The van der Waals surface area contributed by atoms with E-state index >= 15 is 0 Å². The number of benzene rings is 1. The Labute approximate surface area is 134 Å². The van der Waals surface area contributed by atoms with Crippen LogP contribution in [0.25, 0.3) is 0 Å². The molecule has 1 amide bonds. The first-order valence-corrected chi connectivity index (χ1v) is 8.81. The molecule has 0 unspecified atom stereocenters. The molecule has 2 rings (SSSR count). The standard InChI is InChI=1S/C11H11BrN4O3S2/c1-7(17)14-10-15-16-11(20-10)21(18,19)13-6-8-2-4-9(12)5-3-8/h2-5,13H,6H2,1H3,(H,14,15,17). The lowest BCUT2D eigenvalue weighted by molar-refractivity contribution is -0.114. The predicted molar refractivity (Wildman–Crippen MR) is 82.4 cm³/mol. The molecule has 1 heterocycles. The van der Waals surface area contributed by atoms with Gasteiger partial charge in [-0.15, -0.1) is 10.2 Å². The third-order valence-electron chi connectivity index (χ3n) is 2.30. The number of hydrogen-bond donors (Lipinski definition) is 2. The van der Waals surface area contributed by atoms with Crippen LogP contribution in [-0.4, -0.2) is 24.5 Å². The van der Waals surface area contributed by atoms with Gasteiger partial charge in [-0.2, -0.15) is 0 Å². The summed E-state index contributed by atoms with van der Waals surface area (Å²) in [7, 11) is -3.75. The van der Waals surface area contributed by atoms with E-state index < -0.39 is 10.0 Å². The highest BCUT2D eigenvalue weighted by Crippen LogP contribution is 2.20. The molecule has 0 saturated heterocycles. The predicted octanol–water partition coefficient (Wildman–Crippen LogP) is 1.74. The Balaban J connectivity index is 2.06. The minimum Gasteiger partial charge on any atom is -0.301 e. The van der Waals surface area contributed by atoms with E-state index in [0.717, 1.165) is 21.4 Å². The lowest BCUT2D eigenvalue weighted by atomic mass is 10.2. The van der Waals surface area contributed by atoms with Crippen molar-refractivity contribution in [3.8, 4) is 0 Å². The summed E-state index contributed by atoms with van der Waals surface area (Å²) in [5.74, 6) is -0.335. The third-order valence-corrected chi connectivity index (χ3v) is 5.43. The van der Waals surface area contributed by atoms with Gasteiger partial charge in [0.1, 0.15) is 0 Å². The topological polar surface area (TPSA) is 101 Å². The van der Waals surface area contributed by atoms with Crippen LogP contribution in [0.4, 0.5) is 5.13 Å². The maximum atomic E-state index is 12.0. The molecule has 0 aliphatic heterocycles. The second kappa shape index (κ2) is 6.60. The van der Waals surface area contributed by atoms with Gasteiger partial charge in [0.25, 0.3) is 10.0 Å². The molecular formula is C11H11BrN4O3S2. The average molecular weight is 391 g/mol. The fourth-order valence-electron chi connectivity index (χ4n) is 1.36. The summed E-state index contributed by atoms with van der Waals surface area (Å²) >= 11 is 4.10. The molecule has 0 atom stereocenters. The Hall–Kier alpha value is -1.36. The number of carbonyl (C=O) groups excluding carboxylic acids is 1. The number of sulfonamides is 1. The summed E-state index contributed by atoms with van der Waals surface area (Å²) in [6.45, 7) is 1.45. The van der Waals surface area contributed by atoms with Crippen LogP contribution in [0, 0.1) is 0 Å². The van der Waals surface area contributed by atoms with Gasteiger partial charge in [0.2, 0.25) is 15.4 Å². The summed E-state index contributed by atoms with van der Waals surface area (Å²) in [5, 5.41) is 9.69. The molecule has 0 spiro atoms. The number of rotatable bonds is 5. The van der Waals surface area contributed by atoms with E-state index in [4.69, 9.17) is 0 Å². The highest BCUT2D eigenvalue weighted by molar-refractivity contribution is 9.10. The van der Waals surface area contributed by atoms with Crippen LogP contribution in [0.15, 0.2) is 33.1 Å². The second-order valence-corrected chi connectivity index (χ2v) is 7.84. The van der Waals surface area contributed by atoms with Crippen molar-refractivity contribution >= 4 is 48.3 Å². The molecule has 21 heavy (non-hydrogen) atoms. The Morgan fingerprint density at radius 2 is 1.95 bits per heavy atom. The summed E-state index contributed by atoms with van der Waals surface area (Å²) in [4.78, 5) is 10.9. The molecule has 2 N–H and O–H groups in total. The van der Waals surface area contributed by atoms with Crippen molar-refractivity contribution in [1.82, 2.24) is 14.9 Å². The van der Waals surface area contributed by atoms with E-state index in [9.17, 15) is 13.2 Å². The third kappa shape index (κ3) is 4.56. The van der Waals surface area contributed by atoms with Crippen molar-refractivity contribution in [3.05, 3.63) is 34.3 Å². The van der Waals surface area contributed by atoms with Crippen LogP contribution in [-0.2, 0) is 21.4 Å². The molecule has 1 aromatic heterocycles. The fraction of sp³-hybridized carbons (Fsp3) is 0.182. The quantitative estimate of drug-likeness (QED) is 0.757. The molecule has 1 aromatic carbocycles. The summed E-state index contributed by atoms with van der Waals surface area (Å²) in [5.41, 5.74) is 0.813. The van der Waals surface area contributed by atoms with E-state index in [-0.39, 0.29) is 21.9 Å². The van der Waals surface area contributed by atoms with E-state index in [2.05, 4.69) is 36.2 Å². The zero-order valence-electron chi connectivity index (χ0n) is 10.8. The normalized spacial score (nSPS) is 11.3. The van der Waals surface area contributed by atoms with Gasteiger partial charge in [-0.25, -0.2) is 13.1 Å². The average Bonchev–Trinajstić information content (AvgIpc) is 2.86. The van der Waals surface area contributed by atoms with Gasteiger partial charge in [0.05, 0.1) is 0 Å². The highest BCUT2D eigenvalue weighted by Gasteiger charge is 2.20. The number of nitrogens with zero attached hydrogens (tertiary/aromatic N) is 2. The van der Waals surface area contributed by atoms with Crippen molar-refractivity contribution in [3.63, 3.8) is 0 Å². The Bertz CT molecular complexity index is 743. The number of carbonyl (C=O) groups is 1. The molecule has 10 heteroatoms. The van der Waals surface area contributed by atoms with E-state index in [1.165, 1.54) is 6.92 Å². The Kier molecular flexibility index (Phi) is 5.04. The molecular weight excluding hydrogens is 380 g/mol. The van der Waals surface area contributed by atoms with E-state index in [0.29, 0.717) is 0 Å². The summed E-state index contributed by atoms with van der Waals surface area (Å²) < 4.78 is 27.2. The molecule has 0 radical (unpaired) electrons. The lowest BCUT2D eigenvalue weighted by Crippen LogP contribution is -2.23. The Morgan fingerprint density at radius 3 is 2.57 bits per heavy atom. The van der Waals surface area contributed by atoms with Gasteiger partial charge in [-0.05, 0) is 17.7 Å². The zero-order valence-corrected chi connectivity index (χ0v) is 14.0. The van der Waals surface area contributed by atoms with Crippen LogP contribution in [0.2, 0.25) is 0 Å². The van der Waals surface area contributed by atoms with Crippen LogP contribution < -0.4 is 10.0 Å². The first-order valence-electron chi connectivity index (χ1n) is 5.72. The van der Waals surface area contributed by atoms with Crippen molar-refractivity contribution in [2.45, 2.75) is 17.8 Å². The smallest absolute Gasteiger partial charge is 0.270 e. The molecule has 0 saturated carbocycles. The molecule has 0 aliphatic rings. The first kappa shape index (κ1) is 16.0. The number of hydrogen-bond acceptors (Lipinski definition) is 6. The van der Waals surface area contributed by atoms with Crippen molar-refractivity contribution in [2.24, 2.45) is 0 Å². The molecule has 7 nitrogen and oxygen atoms in total. The van der Waals surface area contributed by atoms with Crippen molar-refractivity contribution in [1.29, 1.82) is 0 Å². The molecule has 2 aromatic rings. The van der Waals surface area contributed by atoms with Gasteiger partial charge in [0.15, 0.2) is 0 Å². The maximum Gasteiger partial charge on any atom is 0.270 e. The summed E-state index contributed by atoms with van der Waals surface area (Å²) in [6.07, 6.45) is 0. The minimum absolute atomic E-state index is 0.144. The number of aromatic nitrogens is 2. The fourth-order valence-corrected chi connectivity index (χ4v) is 3.63. The largest absolute Gasteiger partial charge is 0.301 e. The van der Waals surface area contributed by atoms with Crippen LogP contribution >= 0.6 is 27.3 Å². The van der Waals surface area contributed by atoms with Gasteiger partial charge in [0, 0.05) is 17.9 Å². The molecule has 0 fully saturated rings. The maximum absolute atomic E-state index is 12.0. The molecule has 0 bridgehead atoms. The molecule has 0 aliphatic carbocycles. The van der Waals surface area contributed by atoms with Gasteiger partial charge >= 0.3 is 0 Å². The number of halogens is 1. The number of anilines is 1. The van der Waals surface area contributed by atoms with Crippen LogP contribution in [0.3, 0.4) is 0 Å². The van der Waals surface area contributed by atoms with Crippen LogP contribution in [0.5, 0.6) is 0 Å². The lowest BCUT2D eigenvalue weighted by Gasteiger charge is -2.03. The van der Waals surface area contributed by atoms with Crippen LogP contribution in [0.1, 0.15) is 12.5 Å². The van der Waals surface area contributed by atoms with E-state index in [1.54, 1.807) is 12.1 Å². The Morgan fingerprint density at radius 1 is 1.29 bits per heavy atom. The van der Waals surface area contributed by atoms with Crippen molar-refractivity contribution in [2.75, 3.05) is 5.32 Å². The summed E-state index contributed by atoms with van der Waals surface area (Å²) in [6, 6.07) is 7.25. The zero-order chi connectivity index (χ0) is 15.5. The van der Waals surface area contributed by atoms with Gasteiger partial charge in [-0.1, -0.05) is 39.4 Å². The number of amides is 1. The molecule has 112 valence electrons. The minimum atomic E-state index is -3.75.